The molecule has 1 fully saturated rings. The summed E-state index contributed by atoms with van der Waals surface area (Å²) in [7, 11) is 0. The van der Waals surface area contributed by atoms with Crippen molar-refractivity contribution in [1.29, 1.82) is 0 Å². The normalized spacial score (nSPS) is 15.9. The number of nitrogens with one attached hydrogen (secondary N) is 2. The van der Waals surface area contributed by atoms with E-state index in [4.69, 9.17) is 4.74 Å². The first-order valence-electron chi connectivity index (χ1n) is 8.89. The molecule has 26 heavy (non-hydrogen) atoms. The predicted octanol–water partition coefficient (Wildman–Crippen LogP) is 2.24. The fourth-order valence-corrected chi connectivity index (χ4v) is 3.24. The van der Waals surface area contributed by atoms with E-state index in [0.717, 1.165) is 37.1 Å². The molecule has 2 aromatic rings. The summed E-state index contributed by atoms with van der Waals surface area (Å²) in [5.41, 5.74) is 1.63. The quantitative estimate of drug-likeness (QED) is 0.775. The Labute approximate surface area is 160 Å². The van der Waals surface area contributed by atoms with Gasteiger partial charge in [-0.3, -0.25) is 9.48 Å². The highest BCUT2D eigenvalue weighted by atomic mass is 35.5. The molecule has 0 spiro atoms. The van der Waals surface area contributed by atoms with Gasteiger partial charge in [-0.1, -0.05) is 24.3 Å². The fraction of sp³-hybridized carbons (Fsp3) is 0.474. The maximum absolute atomic E-state index is 13.0. The molecule has 3 rings (SSSR count). The van der Waals surface area contributed by atoms with Crippen LogP contribution in [0, 0.1) is 0 Å². The largest absolute Gasteiger partial charge is 0.377 e. The average Bonchev–Trinajstić information content (AvgIpc) is 3.21. The molecule has 1 aromatic heterocycles. The predicted molar refractivity (Wildman–Crippen MR) is 103 cm³/mol. The summed E-state index contributed by atoms with van der Waals surface area (Å²) in [4.78, 5) is 13.0. The van der Waals surface area contributed by atoms with Crippen molar-refractivity contribution >= 4 is 18.3 Å². The molecule has 1 aromatic carbocycles. The molecule has 1 saturated heterocycles. The maximum atomic E-state index is 13.0. The molecule has 2 N–H and O–H groups in total. The molecule has 0 unspecified atom stereocenters. The number of halogens is 1. The first-order chi connectivity index (χ1) is 12.2. The van der Waals surface area contributed by atoms with Crippen molar-refractivity contribution in [1.82, 2.24) is 20.4 Å². The highest BCUT2D eigenvalue weighted by Gasteiger charge is 2.41. The molecule has 2 heterocycles. The smallest absolute Gasteiger partial charge is 0.248 e. The molecule has 0 radical (unpaired) electrons. The zero-order chi connectivity index (χ0) is 17.5. The molecule has 0 aliphatic carbocycles. The standard InChI is InChI=1S/C19H26N4O2.ClH/c1-2-25-15-17-6-4-16(5-7-17)14-21-18(24)19(8-11-20-12-9-19)23-13-3-10-22-23;/h3-7,10,13,20H,2,8-9,11-12,14-15H2,1H3,(H,21,24);1H. The van der Waals surface area contributed by atoms with Crippen LogP contribution in [0.3, 0.4) is 0 Å². The number of carbonyl (C=O) groups is 1. The van der Waals surface area contributed by atoms with Crippen LogP contribution in [0.4, 0.5) is 0 Å². The Kier molecular flexibility index (Phi) is 7.63. The van der Waals surface area contributed by atoms with Gasteiger partial charge in [-0.15, -0.1) is 12.4 Å². The number of aromatic nitrogens is 2. The lowest BCUT2D eigenvalue weighted by Gasteiger charge is -2.36. The Bertz CT molecular complexity index is 667. The number of nitrogens with zero attached hydrogens (tertiary/aromatic N) is 2. The van der Waals surface area contributed by atoms with Crippen molar-refractivity contribution in [2.24, 2.45) is 0 Å². The molecule has 0 bridgehead atoms. The summed E-state index contributed by atoms with van der Waals surface area (Å²) in [6.45, 7) is 5.48. The number of ether oxygens (including phenoxy) is 1. The fourth-order valence-electron chi connectivity index (χ4n) is 3.24. The summed E-state index contributed by atoms with van der Waals surface area (Å²) in [6, 6.07) is 10.0. The Balaban J connectivity index is 0.00000243. The van der Waals surface area contributed by atoms with Crippen LogP contribution in [0.25, 0.3) is 0 Å². The van der Waals surface area contributed by atoms with Gasteiger partial charge < -0.3 is 15.4 Å². The van der Waals surface area contributed by atoms with E-state index in [-0.39, 0.29) is 18.3 Å². The second kappa shape index (κ2) is 9.71. The van der Waals surface area contributed by atoms with Crippen LogP contribution < -0.4 is 10.6 Å². The number of benzene rings is 1. The number of hydrogen-bond acceptors (Lipinski definition) is 4. The Morgan fingerprint density at radius 1 is 1.27 bits per heavy atom. The van der Waals surface area contributed by atoms with Crippen LogP contribution in [-0.4, -0.2) is 35.4 Å². The van der Waals surface area contributed by atoms with E-state index in [1.54, 1.807) is 6.20 Å². The first-order valence-corrected chi connectivity index (χ1v) is 8.89. The zero-order valence-electron chi connectivity index (χ0n) is 15.1. The van der Waals surface area contributed by atoms with Crippen LogP contribution in [0.5, 0.6) is 0 Å². The number of hydrogen-bond donors (Lipinski definition) is 2. The van der Waals surface area contributed by atoms with Crippen LogP contribution >= 0.6 is 12.4 Å². The minimum absolute atomic E-state index is 0. The second-order valence-electron chi connectivity index (χ2n) is 6.37. The van der Waals surface area contributed by atoms with Crippen LogP contribution in [0.1, 0.15) is 30.9 Å². The molecular weight excluding hydrogens is 352 g/mol. The summed E-state index contributed by atoms with van der Waals surface area (Å²) < 4.78 is 7.22. The summed E-state index contributed by atoms with van der Waals surface area (Å²) in [5, 5.41) is 10.8. The molecule has 6 nitrogen and oxygen atoms in total. The lowest BCUT2D eigenvalue weighted by molar-refractivity contribution is -0.132. The summed E-state index contributed by atoms with van der Waals surface area (Å²) in [6.07, 6.45) is 5.10. The van der Waals surface area contributed by atoms with E-state index < -0.39 is 5.54 Å². The molecule has 142 valence electrons. The van der Waals surface area contributed by atoms with Crippen LogP contribution in [0.15, 0.2) is 42.7 Å². The van der Waals surface area contributed by atoms with Crippen molar-refractivity contribution < 1.29 is 9.53 Å². The lowest BCUT2D eigenvalue weighted by Crippen LogP contribution is -2.54. The van der Waals surface area contributed by atoms with Crippen molar-refractivity contribution in [2.75, 3.05) is 19.7 Å². The van der Waals surface area contributed by atoms with E-state index in [0.29, 0.717) is 19.8 Å². The Morgan fingerprint density at radius 3 is 2.58 bits per heavy atom. The van der Waals surface area contributed by atoms with Gasteiger partial charge in [0.25, 0.3) is 0 Å². The van der Waals surface area contributed by atoms with Gasteiger partial charge in [0.15, 0.2) is 0 Å². The van der Waals surface area contributed by atoms with E-state index in [2.05, 4.69) is 15.7 Å². The van der Waals surface area contributed by atoms with Crippen molar-refractivity contribution in [2.45, 2.75) is 38.5 Å². The van der Waals surface area contributed by atoms with E-state index in [1.807, 2.05) is 48.1 Å². The van der Waals surface area contributed by atoms with E-state index in [9.17, 15) is 4.79 Å². The topological polar surface area (TPSA) is 68.2 Å². The second-order valence-corrected chi connectivity index (χ2v) is 6.37. The highest BCUT2D eigenvalue weighted by Crippen LogP contribution is 2.27. The summed E-state index contributed by atoms with van der Waals surface area (Å²) in [5.74, 6) is 0.0380. The molecule has 7 heteroatoms. The Hall–Kier alpha value is -1.89. The molecule has 0 atom stereocenters. The van der Waals surface area contributed by atoms with Crippen molar-refractivity contribution in [3.8, 4) is 0 Å². The van der Waals surface area contributed by atoms with Crippen molar-refractivity contribution in [3.63, 3.8) is 0 Å². The van der Waals surface area contributed by atoms with Crippen LogP contribution in [0.2, 0.25) is 0 Å². The van der Waals surface area contributed by atoms with Crippen molar-refractivity contribution in [3.05, 3.63) is 53.9 Å². The first kappa shape index (κ1) is 20.4. The molecule has 0 saturated carbocycles. The molecule has 1 aliphatic heterocycles. The number of piperidine rings is 1. The minimum atomic E-state index is -0.594. The van der Waals surface area contributed by atoms with Gasteiger partial charge in [-0.25, -0.2) is 0 Å². The summed E-state index contributed by atoms with van der Waals surface area (Å²) >= 11 is 0. The Morgan fingerprint density at radius 2 is 1.96 bits per heavy atom. The van der Waals surface area contributed by atoms with Gasteiger partial charge in [0.2, 0.25) is 5.91 Å². The monoisotopic (exact) mass is 378 g/mol. The third-order valence-corrected chi connectivity index (χ3v) is 4.75. The van der Waals surface area contributed by atoms with Gasteiger partial charge in [0.1, 0.15) is 5.54 Å². The average molecular weight is 379 g/mol. The van der Waals surface area contributed by atoms with Crippen LogP contribution in [-0.2, 0) is 28.2 Å². The number of carbonyl (C=O) groups excluding carboxylic acids is 1. The molecule has 1 aliphatic rings. The molecule has 1 amide bonds. The lowest BCUT2D eigenvalue weighted by atomic mass is 9.87. The van der Waals surface area contributed by atoms with Gasteiger partial charge in [0, 0.05) is 25.5 Å². The third-order valence-electron chi connectivity index (χ3n) is 4.75. The van der Waals surface area contributed by atoms with E-state index in [1.165, 1.54) is 0 Å². The van der Waals surface area contributed by atoms with Gasteiger partial charge in [-0.05, 0) is 50.0 Å². The van der Waals surface area contributed by atoms with E-state index >= 15 is 0 Å². The minimum Gasteiger partial charge on any atom is -0.377 e. The molecular formula is C19H27ClN4O2. The third kappa shape index (κ3) is 4.63. The SMILES string of the molecule is CCOCc1ccc(CNC(=O)C2(n3cccn3)CCNCC2)cc1.Cl. The van der Waals surface area contributed by atoms with Gasteiger partial charge in [-0.2, -0.15) is 5.10 Å². The number of amides is 1. The van der Waals surface area contributed by atoms with Gasteiger partial charge >= 0.3 is 0 Å². The maximum Gasteiger partial charge on any atom is 0.248 e. The highest BCUT2D eigenvalue weighted by molar-refractivity contribution is 5.85. The number of rotatable bonds is 7. The van der Waals surface area contributed by atoms with Gasteiger partial charge in [0.05, 0.1) is 6.61 Å². The zero-order valence-corrected chi connectivity index (χ0v) is 15.9.